The van der Waals surface area contributed by atoms with Crippen molar-refractivity contribution >= 4 is 11.9 Å². The zero-order valence-electron chi connectivity index (χ0n) is 46.6. The van der Waals surface area contributed by atoms with Crippen LogP contribution >= 0.6 is 0 Å². The van der Waals surface area contributed by atoms with Gasteiger partial charge in [-0.3, -0.25) is 9.59 Å². The fraction of sp³-hybridized carbons (Fsp3) is 0.905. The van der Waals surface area contributed by atoms with Crippen LogP contribution in [0.4, 0.5) is 0 Å². The molecule has 6 heteroatoms. The predicted molar refractivity (Wildman–Crippen MR) is 301 cm³/mol. The number of rotatable bonds is 58. The molecule has 2 unspecified atom stereocenters. The van der Waals surface area contributed by atoms with Gasteiger partial charge in [0.2, 0.25) is 5.91 Å². The molecule has 2 atom stereocenters. The minimum absolute atomic E-state index is 0.00180. The predicted octanol–water partition coefficient (Wildman–Crippen LogP) is 19.4. The number of hydrogen-bond donors (Lipinski definition) is 3. The van der Waals surface area contributed by atoms with E-state index in [2.05, 4.69) is 31.3 Å². The second-order valence-corrected chi connectivity index (χ2v) is 21.4. The van der Waals surface area contributed by atoms with Gasteiger partial charge >= 0.3 is 5.97 Å². The van der Waals surface area contributed by atoms with E-state index in [9.17, 15) is 19.8 Å². The van der Waals surface area contributed by atoms with Crippen molar-refractivity contribution in [3.8, 4) is 0 Å². The van der Waals surface area contributed by atoms with Crippen molar-refractivity contribution in [2.24, 2.45) is 0 Å². The molecule has 0 saturated heterocycles. The van der Waals surface area contributed by atoms with Crippen LogP contribution in [0.1, 0.15) is 341 Å². The summed E-state index contributed by atoms with van der Waals surface area (Å²) >= 11 is 0. The van der Waals surface area contributed by atoms with Crippen LogP contribution in [-0.2, 0) is 14.3 Å². The molecule has 69 heavy (non-hydrogen) atoms. The first-order valence-corrected chi connectivity index (χ1v) is 31.1. The lowest BCUT2D eigenvalue weighted by molar-refractivity contribution is -0.143. The van der Waals surface area contributed by atoms with Crippen LogP contribution in [0.25, 0.3) is 0 Å². The number of carbonyl (C=O) groups is 2. The molecular weight excluding hydrogens is 851 g/mol. The molecular formula is C63H121NO5. The lowest BCUT2D eigenvalue weighted by atomic mass is 10.0. The number of carbonyl (C=O) groups excluding carboxylic acids is 2. The van der Waals surface area contributed by atoms with Crippen molar-refractivity contribution in [2.75, 3.05) is 13.2 Å². The average Bonchev–Trinajstić information content (AvgIpc) is 3.35. The van der Waals surface area contributed by atoms with E-state index in [4.69, 9.17) is 4.74 Å². The molecule has 408 valence electrons. The molecule has 6 nitrogen and oxygen atoms in total. The number of ether oxygens (including phenoxy) is 1. The van der Waals surface area contributed by atoms with E-state index >= 15 is 0 Å². The van der Waals surface area contributed by atoms with Gasteiger partial charge < -0.3 is 20.3 Å². The zero-order chi connectivity index (χ0) is 50.0. The van der Waals surface area contributed by atoms with Gasteiger partial charge in [0.25, 0.3) is 0 Å². The molecule has 0 aromatic rings. The fourth-order valence-corrected chi connectivity index (χ4v) is 9.69. The van der Waals surface area contributed by atoms with Gasteiger partial charge in [-0.1, -0.05) is 295 Å². The van der Waals surface area contributed by atoms with Gasteiger partial charge in [0, 0.05) is 12.8 Å². The summed E-state index contributed by atoms with van der Waals surface area (Å²) < 4.78 is 5.48. The fourth-order valence-electron chi connectivity index (χ4n) is 9.69. The van der Waals surface area contributed by atoms with Crippen LogP contribution in [0.5, 0.6) is 0 Å². The molecule has 0 spiro atoms. The maximum absolute atomic E-state index is 12.5. The first-order chi connectivity index (χ1) is 34.0. The third-order valence-corrected chi connectivity index (χ3v) is 14.5. The molecule has 0 aromatic heterocycles. The van der Waals surface area contributed by atoms with Crippen molar-refractivity contribution in [3.63, 3.8) is 0 Å². The SMILES string of the molecule is CCCCCCC/C=C\CCCCCCCC(=O)OCCCCCCCCCCCCCCCCCCCCCCC(=O)NC(CO)C(O)/C=C/CCCCCCCCCCCCCCCCCC. The Balaban J connectivity index is 3.42. The highest BCUT2D eigenvalue weighted by Gasteiger charge is 2.18. The Morgan fingerprint density at radius 2 is 0.681 bits per heavy atom. The summed E-state index contributed by atoms with van der Waals surface area (Å²) in [5.41, 5.74) is 0. The van der Waals surface area contributed by atoms with E-state index in [1.807, 2.05) is 6.08 Å². The number of amides is 1. The number of unbranched alkanes of at least 4 members (excludes halogenated alkanes) is 45. The van der Waals surface area contributed by atoms with Crippen LogP contribution in [0.15, 0.2) is 24.3 Å². The summed E-state index contributed by atoms with van der Waals surface area (Å²) in [6, 6.07) is -0.629. The lowest BCUT2D eigenvalue weighted by Crippen LogP contribution is -2.45. The minimum Gasteiger partial charge on any atom is -0.466 e. The highest BCUT2D eigenvalue weighted by molar-refractivity contribution is 5.76. The molecule has 0 saturated carbocycles. The Labute approximate surface area is 431 Å². The largest absolute Gasteiger partial charge is 0.466 e. The number of allylic oxidation sites excluding steroid dienone is 3. The van der Waals surface area contributed by atoms with Crippen molar-refractivity contribution in [2.45, 2.75) is 353 Å². The maximum Gasteiger partial charge on any atom is 0.305 e. The molecule has 0 aromatic carbocycles. The van der Waals surface area contributed by atoms with Gasteiger partial charge in [-0.2, -0.15) is 0 Å². The summed E-state index contributed by atoms with van der Waals surface area (Å²) in [7, 11) is 0. The highest BCUT2D eigenvalue weighted by Crippen LogP contribution is 2.18. The number of aliphatic hydroxyl groups is 2. The van der Waals surface area contributed by atoms with E-state index < -0.39 is 12.1 Å². The van der Waals surface area contributed by atoms with Gasteiger partial charge in [-0.15, -0.1) is 0 Å². The Kier molecular flexibility index (Phi) is 57.5. The van der Waals surface area contributed by atoms with Gasteiger partial charge in [0.15, 0.2) is 0 Å². The molecule has 0 aliphatic heterocycles. The quantitative estimate of drug-likeness (QED) is 0.0321. The Morgan fingerprint density at radius 3 is 1.03 bits per heavy atom. The van der Waals surface area contributed by atoms with Crippen LogP contribution < -0.4 is 5.32 Å². The standard InChI is InChI=1S/C63H121NO5/c1-3-5-7-9-11-13-15-17-19-20-25-28-31-35-39-43-47-51-55-61(66)60(59-65)64-62(67)56-52-48-44-40-36-32-29-26-23-21-22-24-27-30-34-38-42-46-50-54-58-69-63(68)57-53-49-45-41-37-33-18-16-14-12-10-8-6-4-2/h16,18,51,55,60-61,65-66H,3-15,17,19-50,52-54,56-59H2,1-2H3,(H,64,67)/b18-16-,55-51+. The molecule has 0 radical (unpaired) electrons. The third-order valence-electron chi connectivity index (χ3n) is 14.5. The van der Waals surface area contributed by atoms with E-state index in [1.54, 1.807) is 6.08 Å². The number of esters is 1. The summed E-state index contributed by atoms with van der Waals surface area (Å²) in [6.45, 7) is 4.91. The van der Waals surface area contributed by atoms with Gasteiger partial charge in [0.1, 0.15) is 0 Å². The molecule has 0 aliphatic carbocycles. The second-order valence-electron chi connectivity index (χ2n) is 21.4. The molecule has 0 fully saturated rings. The van der Waals surface area contributed by atoms with E-state index in [-0.39, 0.29) is 18.5 Å². The topological polar surface area (TPSA) is 95.9 Å². The maximum atomic E-state index is 12.5. The summed E-state index contributed by atoms with van der Waals surface area (Å²) in [5.74, 6) is -0.0656. The monoisotopic (exact) mass is 972 g/mol. The number of hydrogen-bond acceptors (Lipinski definition) is 5. The number of nitrogens with one attached hydrogen (secondary N) is 1. The normalized spacial score (nSPS) is 12.7. The minimum atomic E-state index is -0.846. The van der Waals surface area contributed by atoms with Crippen LogP contribution in [0, 0.1) is 0 Å². The molecule has 3 N–H and O–H groups in total. The van der Waals surface area contributed by atoms with Gasteiger partial charge in [-0.25, -0.2) is 0 Å². The van der Waals surface area contributed by atoms with Crippen molar-refractivity contribution in [1.82, 2.24) is 5.32 Å². The summed E-state index contributed by atoms with van der Waals surface area (Å²) in [6.07, 6.45) is 72.1. The Morgan fingerprint density at radius 1 is 0.391 bits per heavy atom. The van der Waals surface area contributed by atoms with E-state index in [0.717, 1.165) is 44.9 Å². The summed E-state index contributed by atoms with van der Waals surface area (Å²) in [5, 5.41) is 23.2. The third kappa shape index (κ3) is 55.5. The Hall–Kier alpha value is -1.66. The molecule has 0 bridgehead atoms. The second kappa shape index (κ2) is 58.9. The summed E-state index contributed by atoms with van der Waals surface area (Å²) in [4.78, 5) is 24.5. The number of aliphatic hydroxyl groups excluding tert-OH is 2. The first-order valence-electron chi connectivity index (χ1n) is 31.1. The Bertz CT molecular complexity index is 1080. The van der Waals surface area contributed by atoms with Crippen molar-refractivity contribution in [1.29, 1.82) is 0 Å². The van der Waals surface area contributed by atoms with Crippen molar-refractivity contribution in [3.05, 3.63) is 24.3 Å². The van der Waals surface area contributed by atoms with Crippen LogP contribution in [-0.4, -0.2) is 47.4 Å². The highest BCUT2D eigenvalue weighted by atomic mass is 16.5. The molecule has 0 aliphatic rings. The average molecular weight is 973 g/mol. The molecule has 0 rings (SSSR count). The molecule has 1 amide bonds. The van der Waals surface area contributed by atoms with Crippen molar-refractivity contribution < 1.29 is 24.5 Å². The van der Waals surface area contributed by atoms with Crippen LogP contribution in [0.2, 0.25) is 0 Å². The van der Waals surface area contributed by atoms with E-state index in [0.29, 0.717) is 19.4 Å². The van der Waals surface area contributed by atoms with E-state index in [1.165, 1.54) is 270 Å². The van der Waals surface area contributed by atoms with Crippen LogP contribution in [0.3, 0.4) is 0 Å². The zero-order valence-corrected chi connectivity index (χ0v) is 46.6. The smallest absolute Gasteiger partial charge is 0.305 e. The lowest BCUT2D eigenvalue weighted by Gasteiger charge is -2.20. The molecule has 0 heterocycles. The first kappa shape index (κ1) is 67.3. The van der Waals surface area contributed by atoms with Gasteiger partial charge in [-0.05, 0) is 57.8 Å². The van der Waals surface area contributed by atoms with Gasteiger partial charge in [0.05, 0.1) is 25.4 Å².